The van der Waals surface area contributed by atoms with Gasteiger partial charge in [0.2, 0.25) is 5.91 Å². The van der Waals surface area contributed by atoms with Crippen molar-refractivity contribution >= 4 is 27.8 Å². The number of rotatable bonds is 7. The van der Waals surface area contributed by atoms with Gasteiger partial charge in [0.05, 0.1) is 0 Å². The second-order valence-corrected chi connectivity index (χ2v) is 6.61. The van der Waals surface area contributed by atoms with E-state index in [1.807, 2.05) is 36.1 Å². The molecule has 1 aliphatic rings. The van der Waals surface area contributed by atoms with Gasteiger partial charge in [-0.2, -0.15) is 0 Å². The second-order valence-electron chi connectivity index (χ2n) is 5.75. The molecular formula is C16H20BrNO3. The van der Waals surface area contributed by atoms with Crippen LogP contribution in [0.3, 0.4) is 0 Å². The van der Waals surface area contributed by atoms with Crippen LogP contribution in [0.5, 0.6) is 0 Å². The standard InChI is InChI=1S/C16H20BrNO3/c1-11(9-16(20)21)8-15(19)18(13-6-7-13)10-12-4-2-3-5-14(12)17/h2-5,11,13H,6-10H2,1H3,(H,20,21). The van der Waals surface area contributed by atoms with Crippen LogP contribution in [-0.2, 0) is 16.1 Å². The molecule has 0 spiro atoms. The van der Waals surface area contributed by atoms with Gasteiger partial charge in [-0.3, -0.25) is 9.59 Å². The monoisotopic (exact) mass is 353 g/mol. The van der Waals surface area contributed by atoms with Crippen LogP contribution >= 0.6 is 15.9 Å². The predicted octanol–water partition coefficient (Wildman–Crippen LogP) is 3.44. The Morgan fingerprint density at radius 3 is 2.57 bits per heavy atom. The zero-order chi connectivity index (χ0) is 15.4. The van der Waals surface area contributed by atoms with Gasteiger partial charge in [0, 0.05) is 29.9 Å². The van der Waals surface area contributed by atoms with Gasteiger partial charge in [-0.15, -0.1) is 0 Å². The molecule has 1 aromatic rings. The highest BCUT2D eigenvalue weighted by Crippen LogP contribution is 2.31. The number of carboxylic acid groups (broad SMARTS) is 1. The van der Waals surface area contributed by atoms with Gasteiger partial charge in [-0.25, -0.2) is 0 Å². The van der Waals surface area contributed by atoms with Crippen LogP contribution in [0.1, 0.15) is 38.2 Å². The molecular weight excluding hydrogens is 334 g/mol. The number of halogens is 1. The number of benzene rings is 1. The molecule has 114 valence electrons. The lowest BCUT2D eigenvalue weighted by Gasteiger charge is -2.24. The first-order valence-corrected chi connectivity index (χ1v) is 8.01. The highest BCUT2D eigenvalue weighted by molar-refractivity contribution is 9.10. The van der Waals surface area contributed by atoms with E-state index in [1.54, 1.807) is 0 Å². The molecule has 2 rings (SSSR count). The summed E-state index contributed by atoms with van der Waals surface area (Å²) in [6, 6.07) is 8.21. The zero-order valence-electron chi connectivity index (χ0n) is 12.1. The first-order chi connectivity index (χ1) is 9.97. The molecule has 1 fully saturated rings. The van der Waals surface area contributed by atoms with Crippen molar-refractivity contribution in [2.75, 3.05) is 0 Å². The molecule has 1 atom stereocenters. The summed E-state index contributed by atoms with van der Waals surface area (Å²) >= 11 is 3.51. The van der Waals surface area contributed by atoms with Gasteiger partial charge < -0.3 is 10.0 Å². The van der Waals surface area contributed by atoms with E-state index in [0.717, 1.165) is 22.9 Å². The van der Waals surface area contributed by atoms with Crippen molar-refractivity contribution in [3.63, 3.8) is 0 Å². The van der Waals surface area contributed by atoms with Crippen molar-refractivity contribution in [1.29, 1.82) is 0 Å². The highest BCUT2D eigenvalue weighted by atomic mass is 79.9. The van der Waals surface area contributed by atoms with Crippen LogP contribution in [-0.4, -0.2) is 27.9 Å². The second kappa shape index (κ2) is 7.07. The normalized spacial score (nSPS) is 15.5. The van der Waals surface area contributed by atoms with Gasteiger partial charge >= 0.3 is 5.97 Å². The fourth-order valence-electron chi connectivity index (χ4n) is 2.40. The van der Waals surface area contributed by atoms with Crippen LogP contribution in [0, 0.1) is 5.92 Å². The van der Waals surface area contributed by atoms with Gasteiger partial charge in [-0.1, -0.05) is 41.1 Å². The van der Waals surface area contributed by atoms with Crippen molar-refractivity contribution < 1.29 is 14.7 Å². The molecule has 4 nitrogen and oxygen atoms in total. The maximum atomic E-state index is 12.4. The molecule has 1 aliphatic carbocycles. The van der Waals surface area contributed by atoms with Gasteiger partial charge in [0.1, 0.15) is 0 Å². The average molecular weight is 354 g/mol. The quantitative estimate of drug-likeness (QED) is 0.816. The summed E-state index contributed by atoms with van der Waals surface area (Å²) in [5.41, 5.74) is 1.09. The van der Waals surface area contributed by atoms with Crippen molar-refractivity contribution in [3.05, 3.63) is 34.3 Å². The first kappa shape index (κ1) is 16.0. The third-order valence-electron chi connectivity index (χ3n) is 3.65. The summed E-state index contributed by atoms with van der Waals surface area (Å²) in [5, 5.41) is 8.80. The van der Waals surface area contributed by atoms with E-state index in [4.69, 9.17) is 5.11 Å². The lowest BCUT2D eigenvalue weighted by atomic mass is 10.0. The molecule has 0 aromatic heterocycles. The maximum absolute atomic E-state index is 12.4. The summed E-state index contributed by atoms with van der Waals surface area (Å²) in [4.78, 5) is 25.1. The van der Waals surface area contributed by atoms with E-state index >= 15 is 0 Å². The Morgan fingerprint density at radius 2 is 2.00 bits per heavy atom. The van der Waals surface area contributed by atoms with Crippen LogP contribution in [0.4, 0.5) is 0 Å². The van der Waals surface area contributed by atoms with E-state index in [2.05, 4.69) is 15.9 Å². The highest BCUT2D eigenvalue weighted by Gasteiger charge is 2.33. The molecule has 0 heterocycles. The van der Waals surface area contributed by atoms with Crippen molar-refractivity contribution in [2.45, 2.75) is 45.2 Å². The molecule has 5 heteroatoms. The number of hydrogen-bond acceptors (Lipinski definition) is 2. The molecule has 21 heavy (non-hydrogen) atoms. The van der Waals surface area contributed by atoms with Crippen LogP contribution in [0.2, 0.25) is 0 Å². The molecule has 1 saturated carbocycles. The maximum Gasteiger partial charge on any atom is 0.303 e. The Kier molecular flexibility index (Phi) is 5.39. The number of carboxylic acids is 1. The summed E-state index contributed by atoms with van der Waals surface area (Å²) in [6.45, 7) is 2.40. The van der Waals surface area contributed by atoms with Gasteiger partial charge in [-0.05, 0) is 30.4 Å². The largest absolute Gasteiger partial charge is 0.481 e. The third kappa shape index (κ3) is 4.84. The van der Waals surface area contributed by atoms with Crippen LogP contribution in [0.15, 0.2) is 28.7 Å². The average Bonchev–Trinajstić information content (AvgIpc) is 3.20. The predicted molar refractivity (Wildman–Crippen MR) is 83.7 cm³/mol. The van der Waals surface area contributed by atoms with E-state index in [1.165, 1.54) is 0 Å². The van der Waals surface area contributed by atoms with Crippen LogP contribution in [0.25, 0.3) is 0 Å². The minimum absolute atomic E-state index is 0.0410. The van der Waals surface area contributed by atoms with E-state index in [-0.39, 0.29) is 18.2 Å². The lowest BCUT2D eigenvalue weighted by molar-refractivity contribution is -0.138. The SMILES string of the molecule is CC(CC(=O)O)CC(=O)N(Cc1ccccc1Br)C1CC1. The fraction of sp³-hybridized carbons (Fsp3) is 0.500. The molecule has 1 amide bonds. The van der Waals surface area contributed by atoms with Crippen LogP contribution < -0.4 is 0 Å². The topological polar surface area (TPSA) is 57.6 Å². The Hall–Kier alpha value is -1.36. The van der Waals surface area contributed by atoms with E-state index in [9.17, 15) is 9.59 Å². The number of hydrogen-bond donors (Lipinski definition) is 1. The Balaban J connectivity index is 2.00. The molecule has 0 aliphatic heterocycles. The third-order valence-corrected chi connectivity index (χ3v) is 4.43. The van der Waals surface area contributed by atoms with Crippen molar-refractivity contribution in [3.8, 4) is 0 Å². The summed E-state index contributed by atoms with van der Waals surface area (Å²) in [6.07, 6.45) is 2.43. The number of carbonyl (C=O) groups is 2. The van der Waals surface area contributed by atoms with Gasteiger partial charge in [0.25, 0.3) is 0 Å². The summed E-state index contributed by atoms with van der Waals surface area (Å²) in [7, 11) is 0. The Morgan fingerprint density at radius 1 is 1.33 bits per heavy atom. The summed E-state index contributed by atoms with van der Waals surface area (Å²) in [5.74, 6) is -0.920. The van der Waals surface area contributed by atoms with Gasteiger partial charge in [0.15, 0.2) is 0 Å². The Labute approximate surface area is 133 Å². The molecule has 1 unspecified atom stereocenters. The number of carbonyl (C=O) groups excluding carboxylic acids is 1. The Bertz CT molecular complexity index is 528. The summed E-state index contributed by atoms with van der Waals surface area (Å²) < 4.78 is 1.00. The molecule has 1 aromatic carbocycles. The zero-order valence-corrected chi connectivity index (χ0v) is 13.7. The fourth-order valence-corrected chi connectivity index (χ4v) is 2.81. The first-order valence-electron chi connectivity index (χ1n) is 7.22. The minimum atomic E-state index is -0.848. The van der Waals surface area contributed by atoms with E-state index < -0.39 is 5.97 Å². The van der Waals surface area contributed by atoms with Crippen molar-refractivity contribution in [2.24, 2.45) is 5.92 Å². The minimum Gasteiger partial charge on any atom is -0.481 e. The number of nitrogens with zero attached hydrogens (tertiary/aromatic N) is 1. The smallest absolute Gasteiger partial charge is 0.303 e. The molecule has 1 N–H and O–H groups in total. The number of aliphatic carboxylic acids is 1. The lowest BCUT2D eigenvalue weighted by Crippen LogP contribution is -2.33. The molecule has 0 saturated heterocycles. The van der Waals surface area contributed by atoms with E-state index in [0.29, 0.717) is 19.0 Å². The molecule has 0 radical (unpaired) electrons. The number of amides is 1. The molecule has 0 bridgehead atoms. The van der Waals surface area contributed by atoms with Crippen molar-refractivity contribution in [1.82, 2.24) is 4.90 Å².